The van der Waals surface area contributed by atoms with Crippen LogP contribution in [0, 0.1) is 6.92 Å². The number of halogens is 2. The predicted octanol–water partition coefficient (Wildman–Crippen LogP) is 2.49. The van der Waals surface area contributed by atoms with E-state index in [1.807, 2.05) is 19.1 Å². The quantitative estimate of drug-likeness (QED) is 0.583. The summed E-state index contributed by atoms with van der Waals surface area (Å²) in [6, 6.07) is 3.72. The third-order valence-electron chi connectivity index (χ3n) is 5.41. The number of carbonyl (C=O) groups excluding carboxylic acids is 3. The molecule has 3 heterocycles. The van der Waals surface area contributed by atoms with Gasteiger partial charge in [0.15, 0.2) is 5.13 Å². The van der Waals surface area contributed by atoms with E-state index in [0.717, 1.165) is 33.8 Å². The second-order valence-corrected chi connectivity index (χ2v) is 8.80. The number of morpholine rings is 1. The zero-order valence-electron chi connectivity index (χ0n) is 17.1. The number of hydrogen-bond acceptors (Lipinski definition) is 7. The normalized spacial score (nSPS) is 17.3. The molecule has 0 spiro atoms. The van der Waals surface area contributed by atoms with Crippen molar-refractivity contribution < 1.29 is 19.1 Å². The van der Waals surface area contributed by atoms with Gasteiger partial charge in [0.1, 0.15) is 6.54 Å². The topological polar surface area (TPSA) is 83.0 Å². The monoisotopic (exact) mass is 486 g/mol. The van der Waals surface area contributed by atoms with Crippen molar-refractivity contribution in [2.45, 2.75) is 19.8 Å². The van der Waals surface area contributed by atoms with Crippen LogP contribution in [-0.2, 0) is 19.1 Å². The largest absolute Gasteiger partial charge is 0.379 e. The number of likely N-dealkylation sites (tertiary alicyclic amines) is 1. The van der Waals surface area contributed by atoms with Gasteiger partial charge in [-0.25, -0.2) is 4.98 Å². The first-order valence-electron chi connectivity index (χ1n) is 9.93. The first-order valence-corrected chi connectivity index (χ1v) is 11.1. The van der Waals surface area contributed by atoms with E-state index in [1.54, 1.807) is 4.90 Å². The molecule has 2 fully saturated rings. The van der Waals surface area contributed by atoms with Crippen molar-refractivity contribution in [3.05, 3.63) is 22.7 Å². The Morgan fingerprint density at radius 1 is 1.23 bits per heavy atom. The summed E-state index contributed by atoms with van der Waals surface area (Å²) >= 11 is 7.70. The zero-order valence-corrected chi connectivity index (χ0v) is 19.5. The first kappa shape index (κ1) is 23.9. The molecule has 2 aliphatic rings. The molecule has 31 heavy (non-hydrogen) atoms. The standard InChI is InChI=1S/C20H23ClN4O4S.ClH/c1-13-2-3-14(21)19-18(13)22-20(30-19)24(7-6-23-8-10-29-11-9-23)17(28)12-25-15(26)4-5-16(25)27;/h2-3H,4-12H2,1H3;1H. The molecule has 0 unspecified atom stereocenters. The number of benzene rings is 1. The number of ether oxygens (including phenoxy) is 1. The summed E-state index contributed by atoms with van der Waals surface area (Å²) in [6.07, 6.45) is 0.325. The Labute approximate surface area is 195 Å². The van der Waals surface area contributed by atoms with Gasteiger partial charge in [0.2, 0.25) is 17.7 Å². The maximum Gasteiger partial charge on any atom is 0.248 e. The Balaban J connectivity index is 0.00000272. The van der Waals surface area contributed by atoms with Crippen molar-refractivity contribution >= 4 is 68.4 Å². The van der Waals surface area contributed by atoms with Gasteiger partial charge in [0, 0.05) is 39.0 Å². The summed E-state index contributed by atoms with van der Waals surface area (Å²) in [6.45, 7) is 5.69. The van der Waals surface area contributed by atoms with Gasteiger partial charge in [-0.2, -0.15) is 0 Å². The number of anilines is 1. The molecule has 8 nitrogen and oxygen atoms in total. The lowest BCUT2D eigenvalue weighted by atomic mass is 10.2. The Hall–Kier alpha value is -1.78. The fourth-order valence-electron chi connectivity index (χ4n) is 3.62. The van der Waals surface area contributed by atoms with E-state index in [2.05, 4.69) is 9.88 Å². The van der Waals surface area contributed by atoms with Crippen LogP contribution < -0.4 is 4.90 Å². The van der Waals surface area contributed by atoms with Crippen LogP contribution in [-0.4, -0.2) is 78.4 Å². The van der Waals surface area contributed by atoms with E-state index in [1.165, 1.54) is 11.3 Å². The second-order valence-electron chi connectivity index (χ2n) is 7.41. The minimum Gasteiger partial charge on any atom is -0.379 e. The number of nitrogens with zero attached hydrogens (tertiary/aromatic N) is 4. The summed E-state index contributed by atoms with van der Waals surface area (Å²) in [7, 11) is 0. The van der Waals surface area contributed by atoms with Gasteiger partial charge in [-0.15, -0.1) is 12.4 Å². The van der Waals surface area contributed by atoms with Gasteiger partial charge < -0.3 is 4.74 Å². The van der Waals surface area contributed by atoms with E-state index < -0.39 is 0 Å². The van der Waals surface area contributed by atoms with Gasteiger partial charge in [-0.3, -0.25) is 29.1 Å². The van der Waals surface area contributed by atoms with Crippen LogP contribution in [0.3, 0.4) is 0 Å². The molecule has 0 aliphatic carbocycles. The summed E-state index contributed by atoms with van der Waals surface area (Å²) < 4.78 is 6.21. The van der Waals surface area contributed by atoms with Crippen molar-refractivity contribution in [1.82, 2.24) is 14.8 Å². The number of fused-ring (bicyclic) bond motifs is 1. The highest BCUT2D eigenvalue weighted by molar-refractivity contribution is 7.23. The molecule has 3 amide bonds. The highest BCUT2D eigenvalue weighted by atomic mass is 35.5. The Morgan fingerprint density at radius 2 is 1.90 bits per heavy atom. The van der Waals surface area contributed by atoms with Crippen LogP contribution in [0.5, 0.6) is 0 Å². The molecule has 11 heteroatoms. The molecule has 1 aromatic carbocycles. The van der Waals surface area contributed by atoms with Crippen LogP contribution in [0.4, 0.5) is 5.13 Å². The van der Waals surface area contributed by atoms with Crippen molar-refractivity contribution in [3.8, 4) is 0 Å². The van der Waals surface area contributed by atoms with Crippen LogP contribution in [0.2, 0.25) is 5.02 Å². The second kappa shape index (κ2) is 10.2. The molecule has 4 rings (SSSR count). The molecule has 1 aromatic heterocycles. The minimum absolute atomic E-state index is 0. The number of imide groups is 1. The van der Waals surface area contributed by atoms with Crippen molar-refractivity contribution in [2.75, 3.05) is 50.8 Å². The molecule has 0 N–H and O–H groups in total. The summed E-state index contributed by atoms with van der Waals surface area (Å²) in [5.41, 5.74) is 1.74. The number of aryl methyl sites for hydroxylation is 1. The van der Waals surface area contributed by atoms with Crippen LogP contribution in [0.25, 0.3) is 10.2 Å². The van der Waals surface area contributed by atoms with Gasteiger partial charge in [0.25, 0.3) is 0 Å². The molecular weight excluding hydrogens is 463 g/mol. The molecular formula is C20H24Cl2N4O4S. The van der Waals surface area contributed by atoms with Crippen LogP contribution >= 0.6 is 35.3 Å². The third-order valence-corrected chi connectivity index (χ3v) is 6.95. The highest BCUT2D eigenvalue weighted by Gasteiger charge is 2.33. The number of rotatable bonds is 6. The predicted molar refractivity (Wildman–Crippen MR) is 122 cm³/mol. The van der Waals surface area contributed by atoms with Gasteiger partial charge in [-0.1, -0.05) is 29.0 Å². The fraction of sp³-hybridized carbons (Fsp3) is 0.500. The SMILES string of the molecule is Cc1ccc(Cl)c2sc(N(CCN3CCOCC3)C(=O)CN3C(=O)CCC3=O)nc12.Cl. The summed E-state index contributed by atoms with van der Waals surface area (Å²) in [5, 5.41) is 1.11. The van der Waals surface area contributed by atoms with Gasteiger partial charge in [0.05, 0.1) is 28.5 Å². The Morgan fingerprint density at radius 3 is 2.55 bits per heavy atom. The Kier molecular flexibility index (Phi) is 7.87. The van der Waals surface area contributed by atoms with E-state index >= 15 is 0 Å². The van der Waals surface area contributed by atoms with E-state index in [0.29, 0.717) is 36.5 Å². The smallest absolute Gasteiger partial charge is 0.248 e. The number of amides is 3. The number of aromatic nitrogens is 1. The van der Waals surface area contributed by atoms with Crippen LogP contribution in [0.1, 0.15) is 18.4 Å². The highest BCUT2D eigenvalue weighted by Crippen LogP contribution is 2.35. The van der Waals surface area contributed by atoms with E-state index in [-0.39, 0.29) is 49.5 Å². The molecule has 0 bridgehead atoms. The lowest BCUT2D eigenvalue weighted by Gasteiger charge is -2.29. The average Bonchev–Trinajstić information content (AvgIpc) is 3.32. The summed E-state index contributed by atoms with van der Waals surface area (Å²) in [4.78, 5) is 46.7. The molecule has 168 valence electrons. The number of thiazole rings is 1. The maximum atomic E-state index is 13.2. The molecule has 2 aliphatic heterocycles. The fourth-order valence-corrected chi connectivity index (χ4v) is 4.98. The third kappa shape index (κ3) is 5.18. The number of carbonyl (C=O) groups is 3. The van der Waals surface area contributed by atoms with Gasteiger partial charge in [-0.05, 0) is 18.6 Å². The van der Waals surface area contributed by atoms with Crippen LogP contribution in [0.15, 0.2) is 12.1 Å². The van der Waals surface area contributed by atoms with Crippen molar-refractivity contribution in [1.29, 1.82) is 0 Å². The van der Waals surface area contributed by atoms with Gasteiger partial charge >= 0.3 is 0 Å². The van der Waals surface area contributed by atoms with E-state index in [9.17, 15) is 14.4 Å². The molecule has 0 atom stereocenters. The zero-order chi connectivity index (χ0) is 21.3. The Bertz CT molecular complexity index is 938. The number of hydrogen-bond donors (Lipinski definition) is 0. The van der Waals surface area contributed by atoms with E-state index in [4.69, 9.17) is 16.3 Å². The van der Waals surface area contributed by atoms with Crippen molar-refractivity contribution in [2.24, 2.45) is 0 Å². The maximum absolute atomic E-state index is 13.2. The molecule has 2 aromatic rings. The minimum atomic E-state index is -0.320. The lowest BCUT2D eigenvalue weighted by molar-refractivity contribution is -0.141. The first-order chi connectivity index (χ1) is 14.4. The molecule has 2 saturated heterocycles. The lowest BCUT2D eigenvalue weighted by Crippen LogP contribution is -2.47. The average molecular weight is 487 g/mol. The molecule has 0 saturated carbocycles. The summed E-state index contributed by atoms with van der Waals surface area (Å²) in [5.74, 6) is -0.922. The van der Waals surface area contributed by atoms with Crippen molar-refractivity contribution in [3.63, 3.8) is 0 Å². The molecule has 0 radical (unpaired) electrons.